The number of rotatable bonds is 1. The largest absolute Gasteiger partial charge is 0.478 e. The third-order valence-corrected chi connectivity index (χ3v) is 4.13. The Morgan fingerprint density at radius 2 is 1.68 bits per heavy atom. The average molecular weight is 288 g/mol. The van der Waals surface area contributed by atoms with Crippen LogP contribution >= 0.6 is 0 Å². The lowest BCUT2D eigenvalue weighted by atomic mass is 9.97. The van der Waals surface area contributed by atoms with Crippen molar-refractivity contribution in [1.29, 1.82) is 0 Å². The van der Waals surface area contributed by atoms with Crippen LogP contribution in [0.15, 0.2) is 42.5 Å². The molecule has 0 saturated heterocycles. The van der Waals surface area contributed by atoms with Gasteiger partial charge in [-0.2, -0.15) is 0 Å². The van der Waals surface area contributed by atoms with Gasteiger partial charge in [0.25, 0.3) is 0 Å². The second-order valence-corrected chi connectivity index (χ2v) is 5.53. The third-order valence-electron chi connectivity index (χ3n) is 4.13. The van der Waals surface area contributed by atoms with Crippen molar-refractivity contribution in [2.75, 3.05) is 0 Å². The van der Waals surface area contributed by atoms with Gasteiger partial charge in [0.15, 0.2) is 5.78 Å². The number of carbonyl (C=O) groups excluding carboxylic acids is 1. The molecule has 3 nitrogen and oxygen atoms in total. The molecule has 0 atom stereocenters. The summed E-state index contributed by atoms with van der Waals surface area (Å²) in [5.41, 5.74) is 0.287. The maximum atomic E-state index is 11.5. The SMILES string of the molecule is O=C1C=c2cc3ccc4cc(C(=O)O)ccc4c3cc2=CC1. The lowest BCUT2D eigenvalue weighted by Gasteiger charge is -2.07. The molecule has 0 amide bonds. The van der Waals surface area contributed by atoms with Crippen molar-refractivity contribution < 1.29 is 14.7 Å². The molecule has 0 aliphatic heterocycles. The maximum absolute atomic E-state index is 11.5. The Kier molecular flexibility index (Phi) is 2.63. The first-order chi connectivity index (χ1) is 10.6. The number of carboxylic acid groups (broad SMARTS) is 1. The fourth-order valence-corrected chi connectivity index (χ4v) is 3.03. The van der Waals surface area contributed by atoms with Crippen molar-refractivity contribution in [1.82, 2.24) is 0 Å². The van der Waals surface area contributed by atoms with Gasteiger partial charge in [-0.05, 0) is 62.3 Å². The van der Waals surface area contributed by atoms with Gasteiger partial charge in [-0.25, -0.2) is 4.79 Å². The first-order valence-corrected chi connectivity index (χ1v) is 7.06. The summed E-state index contributed by atoms with van der Waals surface area (Å²) in [4.78, 5) is 22.6. The zero-order valence-electron chi connectivity index (χ0n) is 11.7. The van der Waals surface area contributed by atoms with E-state index in [-0.39, 0.29) is 11.3 Å². The summed E-state index contributed by atoms with van der Waals surface area (Å²) >= 11 is 0. The Hall–Kier alpha value is -2.94. The second kappa shape index (κ2) is 4.53. The number of Topliss-reactive ketones (excluding diaryl/α,β-unsaturated/α-hetero) is 1. The van der Waals surface area contributed by atoms with Crippen LogP contribution < -0.4 is 10.4 Å². The molecule has 0 heterocycles. The summed E-state index contributed by atoms with van der Waals surface area (Å²) in [6.45, 7) is 0. The average Bonchev–Trinajstić information content (AvgIpc) is 2.52. The molecule has 0 radical (unpaired) electrons. The normalized spacial score (nSPS) is 13.5. The lowest BCUT2D eigenvalue weighted by molar-refractivity contribution is -0.112. The first-order valence-electron chi connectivity index (χ1n) is 7.06. The maximum Gasteiger partial charge on any atom is 0.335 e. The zero-order chi connectivity index (χ0) is 15.3. The van der Waals surface area contributed by atoms with Crippen molar-refractivity contribution in [3.8, 4) is 0 Å². The van der Waals surface area contributed by atoms with Crippen LogP contribution in [0.25, 0.3) is 33.7 Å². The van der Waals surface area contributed by atoms with E-state index >= 15 is 0 Å². The van der Waals surface area contributed by atoms with E-state index in [0.717, 1.165) is 32.0 Å². The molecule has 1 N–H and O–H groups in total. The van der Waals surface area contributed by atoms with Crippen LogP contribution in [0.4, 0.5) is 0 Å². The minimum Gasteiger partial charge on any atom is -0.478 e. The van der Waals surface area contributed by atoms with Crippen LogP contribution in [-0.4, -0.2) is 16.9 Å². The van der Waals surface area contributed by atoms with E-state index in [1.54, 1.807) is 18.2 Å². The van der Waals surface area contributed by atoms with Gasteiger partial charge in [-0.1, -0.05) is 24.3 Å². The van der Waals surface area contributed by atoms with E-state index in [4.69, 9.17) is 5.11 Å². The molecule has 0 aromatic heterocycles. The highest BCUT2D eigenvalue weighted by Gasteiger charge is 2.08. The zero-order valence-corrected chi connectivity index (χ0v) is 11.7. The summed E-state index contributed by atoms with van der Waals surface area (Å²) in [6, 6.07) is 13.2. The topological polar surface area (TPSA) is 54.4 Å². The molecular weight excluding hydrogens is 276 g/mol. The standard InChI is InChI=1S/C19H12O3/c20-16-5-3-11-10-18-13(8-15(11)9-16)2-1-12-7-14(19(21)22)4-6-17(12)18/h1-4,6-10H,5H2,(H,21,22). The summed E-state index contributed by atoms with van der Waals surface area (Å²) in [5, 5.41) is 15.2. The van der Waals surface area contributed by atoms with E-state index in [1.165, 1.54) is 0 Å². The van der Waals surface area contributed by atoms with Crippen molar-refractivity contribution in [2.24, 2.45) is 0 Å². The van der Waals surface area contributed by atoms with Gasteiger partial charge < -0.3 is 5.11 Å². The smallest absolute Gasteiger partial charge is 0.335 e. The van der Waals surface area contributed by atoms with E-state index in [1.807, 2.05) is 30.3 Å². The second-order valence-electron chi connectivity index (χ2n) is 5.53. The Morgan fingerprint density at radius 1 is 0.909 bits per heavy atom. The van der Waals surface area contributed by atoms with Crippen molar-refractivity contribution in [3.05, 3.63) is 58.5 Å². The molecule has 0 bridgehead atoms. The van der Waals surface area contributed by atoms with Crippen LogP contribution in [0.1, 0.15) is 16.8 Å². The van der Waals surface area contributed by atoms with Gasteiger partial charge in [0.2, 0.25) is 0 Å². The molecule has 22 heavy (non-hydrogen) atoms. The molecule has 3 aromatic carbocycles. The van der Waals surface area contributed by atoms with Crippen molar-refractivity contribution >= 4 is 45.4 Å². The number of carboxylic acids is 1. The molecule has 0 spiro atoms. The first kappa shape index (κ1) is 12.8. The molecule has 3 aromatic rings. The fourth-order valence-electron chi connectivity index (χ4n) is 3.03. The number of ketones is 1. The van der Waals surface area contributed by atoms with Crippen LogP contribution in [0.2, 0.25) is 0 Å². The van der Waals surface area contributed by atoms with Gasteiger partial charge in [-0.15, -0.1) is 0 Å². The number of hydrogen-bond donors (Lipinski definition) is 1. The molecule has 3 heteroatoms. The Labute approximate surface area is 125 Å². The number of carbonyl (C=O) groups is 2. The summed E-state index contributed by atoms with van der Waals surface area (Å²) < 4.78 is 0. The van der Waals surface area contributed by atoms with Crippen LogP contribution in [0, 0.1) is 0 Å². The van der Waals surface area contributed by atoms with Crippen LogP contribution in [0.5, 0.6) is 0 Å². The van der Waals surface area contributed by atoms with E-state index in [2.05, 4.69) is 6.07 Å². The molecular formula is C19H12O3. The summed E-state index contributed by atoms with van der Waals surface area (Å²) in [6.07, 6.45) is 4.07. The van der Waals surface area contributed by atoms with Gasteiger partial charge in [0.1, 0.15) is 0 Å². The third kappa shape index (κ3) is 1.91. The highest BCUT2D eigenvalue weighted by Crippen LogP contribution is 2.24. The Morgan fingerprint density at radius 3 is 2.45 bits per heavy atom. The molecule has 0 saturated carbocycles. The van der Waals surface area contributed by atoms with Gasteiger partial charge >= 0.3 is 5.97 Å². The molecule has 0 unspecified atom stereocenters. The Balaban J connectivity index is 2.11. The number of hydrogen-bond acceptors (Lipinski definition) is 2. The van der Waals surface area contributed by atoms with Gasteiger partial charge in [0, 0.05) is 6.42 Å². The molecule has 0 fully saturated rings. The van der Waals surface area contributed by atoms with Crippen LogP contribution in [-0.2, 0) is 4.79 Å². The van der Waals surface area contributed by atoms with Crippen molar-refractivity contribution in [2.45, 2.75) is 6.42 Å². The highest BCUT2D eigenvalue weighted by atomic mass is 16.4. The quantitative estimate of drug-likeness (QED) is 0.699. The fraction of sp³-hybridized carbons (Fsp3) is 0.0526. The van der Waals surface area contributed by atoms with Gasteiger partial charge in [0.05, 0.1) is 5.56 Å². The van der Waals surface area contributed by atoms with Crippen molar-refractivity contribution in [3.63, 3.8) is 0 Å². The van der Waals surface area contributed by atoms with Crippen LogP contribution in [0.3, 0.4) is 0 Å². The highest BCUT2D eigenvalue weighted by molar-refractivity contribution is 6.12. The predicted molar refractivity (Wildman–Crippen MR) is 86.2 cm³/mol. The lowest BCUT2D eigenvalue weighted by Crippen LogP contribution is -2.28. The minimum atomic E-state index is -0.922. The number of fused-ring (bicyclic) bond motifs is 4. The summed E-state index contributed by atoms with van der Waals surface area (Å²) in [5.74, 6) is -0.798. The number of aromatic carboxylic acids is 1. The molecule has 1 aliphatic carbocycles. The number of benzene rings is 3. The molecule has 1 aliphatic rings. The predicted octanol–water partition coefficient (Wildman–Crippen LogP) is 2.22. The molecule has 106 valence electrons. The Bertz CT molecular complexity index is 1090. The summed E-state index contributed by atoms with van der Waals surface area (Å²) in [7, 11) is 0. The van der Waals surface area contributed by atoms with E-state index in [0.29, 0.717) is 6.42 Å². The minimum absolute atomic E-state index is 0.124. The van der Waals surface area contributed by atoms with Gasteiger partial charge in [-0.3, -0.25) is 4.79 Å². The monoisotopic (exact) mass is 288 g/mol. The molecule has 4 rings (SSSR count). The van der Waals surface area contributed by atoms with E-state index < -0.39 is 5.97 Å². The van der Waals surface area contributed by atoms with E-state index in [9.17, 15) is 9.59 Å².